The van der Waals surface area contributed by atoms with Gasteiger partial charge in [-0.05, 0) is 67.3 Å². The van der Waals surface area contributed by atoms with Crippen molar-refractivity contribution in [2.75, 3.05) is 19.7 Å². The van der Waals surface area contributed by atoms with Crippen LogP contribution in [0.5, 0.6) is 0 Å². The zero-order valence-electron chi connectivity index (χ0n) is 20.3. The van der Waals surface area contributed by atoms with E-state index < -0.39 is 0 Å². The Morgan fingerprint density at radius 2 is 2.03 bits per heavy atom. The fourth-order valence-electron chi connectivity index (χ4n) is 4.71. The Bertz CT molecular complexity index is 1350. The first-order chi connectivity index (χ1) is 18.0. The lowest BCUT2D eigenvalue weighted by molar-refractivity contribution is -0.123. The van der Waals surface area contributed by atoms with E-state index in [0.717, 1.165) is 58.6 Å². The van der Waals surface area contributed by atoms with Gasteiger partial charge in [0.15, 0.2) is 0 Å². The van der Waals surface area contributed by atoms with Crippen LogP contribution < -0.4 is 5.32 Å². The summed E-state index contributed by atoms with van der Waals surface area (Å²) in [5.41, 5.74) is 2.85. The van der Waals surface area contributed by atoms with Gasteiger partial charge >= 0.3 is 0 Å². The van der Waals surface area contributed by atoms with Gasteiger partial charge in [0.1, 0.15) is 6.54 Å². The highest BCUT2D eigenvalue weighted by molar-refractivity contribution is 9.10. The molecule has 1 aromatic heterocycles. The maximum Gasteiger partial charge on any atom is 0.293 e. The van der Waals surface area contributed by atoms with Crippen molar-refractivity contribution in [1.29, 1.82) is 0 Å². The van der Waals surface area contributed by atoms with Crippen LogP contribution >= 0.6 is 27.7 Å². The molecular formula is C28H28BrN3O4S. The van der Waals surface area contributed by atoms with Gasteiger partial charge in [-0.2, -0.15) is 0 Å². The highest BCUT2D eigenvalue weighted by Gasteiger charge is 2.34. The van der Waals surface area contributed by atoms with Gasteiger partial charge in [0, 0.05) is 46.8 Å². The number of amides is 3. The molecule has 0 radical (unpaired) electrons. The molecule has 2 saturated heterocycles. The number of hydrogen-bond acceptors (Lipinski definition) is 5. The average molecular weight is 583 g/mol. The summed E-state index contributed by atoms with van der Waals surface area (Å²) in [6, 6.07) is 15.9. The maximum absolute atomic E-state index is 13.1. The number of carbonyl (C=O) groups excluding carboxylic acids is 3. The molecule has 2 aliphatic heterocycles. The largest absolute Gasteiger partial charge is 0.376 e. The predicted octanol–water partition coefficient (Wildman–Crippen LogP) is 5.37. The van der Waals surface area contributed by atoms with E-state index in [-0.39, 0.29) is 29.7 Å². The van der Waals surface area contributed by atoms with Crippen LogP contribution in [0.15, 0.2) is 64.1 Å². The molecule has 0 unspecified atom stereocenters. The van der Waals surface area contributed by atoms with Crippen LogP contribution in [0.2, 0.25) is 0 Å². The Balaban J connectivity index is 1.30. The molecule has 0 saturated carbocycles. The smallest absolute Gasteiger partial charge is 0.293 e. The summed E-state index contributed by atoms with van der Waals surface area (Å²) in [4.78, 5) is 40.1. The lowest BCUT2D eigenvalue weighted by Crippen LogP contribution is -2.34. The average Bonchev–Trinajstić information content (AvgIpc) is 3.59. The van der Waals surface area contributed by atoms with Crippen LogP contribution in [0.25, 0.3) is 17.0 Å². The summed E-state index contributed by atoms with van der Waals surface area (Å²) in [6.07, 6.45) is 7.22. The van der Waals surface area contributed by atoms with Crippen molar-refractivity contribution >= 4 is 61.7 Å². The second kappa shape index (κ2) is 11.7. The summed E-state index contributed by atoms with van der Waals surface area (Å²) in [7, 11) is 0. The van der Waals surface area contributed by atoms with Crippen molar-refractivity contribution < 1.29 is 19.1 Å². The fraction of sp³-hybridized carbons (Fsp3) is 0.321. The maximum atomic E-state index is 13.1. The van der Waals surface area contributed by atoms with Gasteiger partial charge in [-0.25, -0.2) is 0 Å². The third-order valence-corrected chi connectivity index (χ3v) is 7.99. The number of ether oxygens (including phenoxy) is 1. The van der Waals surface area contributed by atoms with Gasteiger partial charge in [0.05, 0.1) is 11.0 Å². The number of aryl methyl sites for hydroxylation is 1. The first-order valence-electron chi connectivity index (χ1n) is 12.4. The molecular weight excluding hydrogens is 554 g/mol. The van der Waals surface area contributed by atoms with Crippen molar-refractivity contribution in [3.8, 4) is 0 Å². The third-order valence-electron chi connectivity index (χ3n) is 6.59. The van der Waals surface area contributed by atoms with E-state index in [9.17, 15) is 14.4 Å². The number of thioether (sulfide) groups is 1. The predicted molar refractivity (Wildman–Crippen MR) is 149 cm³/mol. The van der Waals surface area contributed by atoms with E-state index >= 15 is 0 Å². The molecule has 2 aromatic carbocycles. The quantitative estimate of drug-likeness (QED) is 0.344. The first kappa shape index (κ1) is 25.8. The summed E-state index contributed by atoms with van der Waals surface area (Å²) in [5, 5.41) is 3.62. The van der Waals surface area contributed by atoms with E-state index in [1.165, 1.54) is 10.5 Å². The Morgan fingerprint density at radius 1 is 1.19 bits per heavy atom. The first-order valence-corrected chi connectivity index (χ1v) is 14.0. The zero-order valence-corrected chi connectivity index (χ0v) is 22.7. The molecule has 7 nitrogen and oxygen atoms in total. The number of hydrogen-bond donors (Lipinski definition) is 1. The molecule has 9 heteroatoms. The van der Waals surface area contributed by atoms with E-state index in [2.05, 4.69) is 21.2 Å². The molecule has 3 amide bonds. The Kier molecular flexibility index (Phi) is 8.12. The van der Waals surface area contributed by atoms with Crippen molar-refractivity contribution in [1.82, 2.24) is 14.8 Å². The van der Waals surface area contributed by atoms with Crippen molar-refractivity contribution in [2.24, 2.45) is 0 Å². The molecule has 5 rings (SSSR count). The molecule has 0 spiro atoms. The number of nitrogens with zero attached hydrogens (tertiary/aromatic N) is 2. The number of aromatic nitrogens is 1. The number of imide groups is 1. The number of benzene rings is 2. The number of nitrogens with one attached hydrogen (secondary N) is 1. The van der Waals surface area contributed by atoms with Crippen LogP contribution in [0.4, 0.5) is 4.79 Å². The van der Waals surface area contributed by atoms with Gasteiger partial charge in [-0.3, -0.25) is 19.3 Å². The van der Waals surface area contributed by atoms with Gasteiger partial charge in [-0.15, -0.1) is 0 Å². The number of rotatable bonds is 9. The molecule has 0 bridgehead atoms. The van der Waals surface area contributed by atoms with Gasteiger partial charge in [0.2, 0.25) is 5.91 Å². The second-order valence-electron chi connectivity index (χ2n) is 9.24. The van der Waals surface area contributed by atoms with E-state index in [4.69, 9.17) is 4.74 Å². The van der Waals surface area contributed by atoms with Crippen LogP contribution in [0.3, 0.4) is 0 Å². The second-order valence-corrected chi connectivity index (χ2v) is 11.1. The van der Waals surface area contributed by atoms with E-state index in [0.29, 0.717) is 24.4 Å². The molecule has 1 atom stereocenters. The van der Waals surface area contributed by atoms with Gasteiger partial charge in [-0.1, -0.05) is 46.3 Å². The minimum atomic E-state index is -0.270. The highest BCUT2D eigenvalue weighted by atomic mass is 79.9. The number of fused-ring (bicyclic) bond motifs is 1. The van der Waals surface area contributed by atoms with Crippen molar-refractivity contribution in [3.63, 3.8) is 0 Å². The molecule has 2 aliphatic rings. The minimum Gasteiger partial charge on any atom is -0.376 e. The minimum absolute atomic E-state index is 0.0835. The highest BCUT2D eigenvalue weighted by Crippen LogP contribution is 2.35. The Hall–Kier alpha value is -2.88. The monoisotopic (exact) mass is 581 g/mol. The molecule has 3 aromatic rings. The van der Waals surface area contributed by atoms with Gasteiger partial charge in [0.25, 0.3) is 11.1 Å². The van der Waals surface area contributed by atoms with Crippen LogP contribution in [-0.4, -0.2) is 52.3 Å². The molecule has 2 fully saturated rings. The van der Waals surface area contributed by atoms with Crippen molar-refractivity contribution in [2.45, 2.75) is 38.3 Å². The van der Waals surface area contributed by atoms with Gasteiger partial charge < -0.3 is 14.6 Å². The van der Waals surface area contributed by atoms with E-state index in [1.807, 2.05) is 59.3 Å². The molecule has 37 heavy (non-hydrogen) atoms. The lowest BCUT2D eigenvalue weighted by atomic mass is 10.1. The summed E-state index contributed by atoms with van der Waals surface area (Å²) in [5.74, 6) is -0.367. The summed E-state index contributed by atoms with van der Waals surface area (Å²) in [6.45, 7) is 1.79. The molecule has 3 heterocycles. The number of halogens is 1. The van der Waals surface area contributed by atoms with Crippen LogP contribution in [-0.2, 0) is 27.3 Å². The van der Waals surface area contributed by atoms with E-state index in [1.54, 1.807) is 6.08 Å². The topological polar surface area (TPSA) is 80.6 Å². The molecule has 192 valence electrons. The summed E-state index contributed by atoms with van der Waals surface area (Å²) >= 11 is 4.49. The lowest BCUT2D eigenvalue weighted by Gasteiger charge is -2.12. The fourth-order valence-corrected chi connectivity index (χ4v) is 5.92. The van der Waals surface area contributed by atoms with Crippen LogP contribution in [0.1, 0.15) is 30.4 Å². The Morgan fingerprint density at radius 3 is 2.81 bits per heavy atom. The standard InChI is InChI=1S/C28H28BrN3O4S/c29-21-10-11-24-23(15-21)20(17-31(24)18-26(33)30-16-22-9-5-13-36-22)14-25-27(34)32(28(35)37-25)12-4-8-19-6-2-1-3-7-19/h1-3,6-7,10-11,14-15,17,22H,4-5,8-9,12-13,16,18H2,(H,30,33)/b25-14-/t22-/m1/s1. The molecule has 0 aliphatic carbocycles. The normalized spacial score (nSPS) is 18.9. The number of carbonyl (C=O) groups is 3. The van der Waals surface area contributed by atoms with Crippen LogP contribution in [0, 0.1) is 0 Å². The van der Waals surface area contributed by atoms with Crippen molar-refractivity contribution in [3.05, 3.63) is 75.2 Å². The summed E-state index contributed by atoms with van der Waals surface area (Å²) < 4.78 is 8.36. The molecule has 1 N–H and O–H groups in total. The Labute approximate surface area is 228 Å². The third kappa shape index (κ3) is 6.17. The SMILES string of the molecule is O=C(Cn1cc(/C=C2\SC(=O)N(CCCc3ccccc3)C2=O)c2cc(Br)ccc21)NC[C@H]1CCCO1. The zero-order chi connectivity index (χ0) is 25.8.